The molecule has 2 aromatic rings. The number of nitrogens with one attached hydrogen (secondary N) is 1. The molecule has 0 bridgehead atoms. The van der Waals surface area contributed by atoms with Gasteiger partial charge in [-0.1, -0.05) is 30.3 Å². The number of amides is 1. The summed E-state index contributed by atoms with van der Waals surface area (Å²) in [6.07, 6.45) is 6.40. The van der Waals surface area contributed by atoms with Gasteiger partial charge < -0.3 is 10.1 Å². The minimum absolute atomic E-state index is 0.0275. The smallest absolute Gasteiger partial charge is 0.256 e. The average Bonchev–Trinajstić information content (AvgIpc) is 3.35. The third kappa shape index (κ3) is 3.88. The first-order valence-corrected chi connectivity index (χ1v) is 11.3. The van der Waals surface area contributed by atoms with E-state index in [0.717, 1.165) is 31.5 Å². The molecule has 1 amide bonds. The molecule has 2 aromatic carbocycles. The van der Waals surface area contributed by atoms with Crippen molar-refractivity contribution in [2.75, 3.05) is 26.5 Å². The van der Waals surface area contributed by atoms with Crippen LogP contribution in [-0.4, -0.2) is 42.8 Å². The van der Waals surface area contributed by atoms with E-state index in [1.165, 1.54) is 43.8 Å². The summed E-state index contributed by atoms with van der Waals surface area (Å²) in [7, 11) is 1.47. The first-order chi connectivity index (χ1) is 14.1. The topological polar surface area (TPSA) is 41.6 Å². The summed E-state index contributed by atoms with van der Waals surface area (Å²) in [6.45, 7) is 2.16. The van der Waals surface area contributed by atoms with Crippen LogP contribution in [0, 0.1) is 5.82 Å². The number of rotatable bonds is 7. The monoisotopic (exact) mass is 414 g/mol. The van der Waals surface area contributed by atoms with Crippen LogP contribution < -0.4 is 10.1 Å². The van der Waals surface area contributed by atoms with E-state index >= 15 is 0 Å². The van der Waals surface area contributed by atoms with Crippen LogP contribution >= 0.6 is 11.8 Å². The van der Waals surface area contributed by atoms with Gasteiger partial charge in [0.25, 0.3) is 5.91 Å². The van der Waals surface area contributed by atoms with Crippen molar-refractivity contribution in [3.8, 4) is 5.75 Å². The second-order valence-corrected chi connectivity index (χ2v) is 8.65. The van der Waals surface area contributed by atoms with Crippen LogP contribution in [0.2, 0.25) is 0 Å². The molecule has 1 unspecified atom stereocenters. The summed E-state index contributed by atoms with van der Waals surface area (Å²) >= 11 is 1.35. The fourth-order valence-corrected chi connectivity index (χ4v) is 5.19. The van der Waals surface area contributed by atoms with Crippen LogP contribution in [0.25, 0.3) is 0 Å². The zero-order chi connectivity index (χ0) is 20.4. The molecule has 6 heteroatoms. The normalized spacial score (nSPS) is 19.0. The Bertz CT molecular complexity index is 855. The number of thioether (sulfide) groups is 1. The highest BCUT2D eigenvalue weighted by atomic mass is 32.2. The van der Waals surface area contributed by atoms with Gasteiger partial charge >= 0.3 is 0 Å². The number of nitrogens with zero attached hydrogens (tertiary/aromatic N) is 1. The van der Waals surface area contributed by atoms with Crippen molar-refractivity contribution in [3.63, 3.8) is 0 Å². The second kappa shape index (κ2) is 8.36. The molecule has 0 aromatic heterocycles. The summed E-state index contributed by atoms with van der Waals surface area (Å²) in [5.41, 5.74) is 1.48. The van der Waals surface area contributed by atoms with Crippen molar-refractivity contribution in [1.82, 2.24) is 10.2 Å². The molecule has 1 aliphatic heterocycles. The van der Waals surface area contributed by atoms with E-state index in [2.05, 4.69) is 22.3 Å². The van der Waals surface area contributed by atoms with E-state index in [-0.39, 0.29) is 23.2 Å². The lowest BCUT2D eigenvalue weighted by atomic mass is 9.95. The number of likely N-dealkylation sites (tertiary alicyclic amines) is 1. The molecule has 0 spiro atoms. The van der Waals surface area contributed by atoms with E-state index < -0.39 is 5.82 Å². The summed E-state index contributed by atoms with van der Waals surface area (Å²) in [5, 5.41) is 3.30. The zero-order valence-corrected chi connectivity index (χ0v) is 17.7. The quantitative estimate of drug-likeness (QED) is 0.670. The number of halogens is 1. The maximum Gasteiger partial charge on any atom is 0.256 e. The van der Waals surface area contributed by atoms with Crippen molar-refractivity contribution in [2.24, 2.45) is 0 Å². The minimum atomic E-state index is -0.405. The molecular formula is C23H27FN2O2S. The van der Waals surface area contributed by atoms with Crippen molar-refractivity contribution in [3.05, 3.63) is 59.4 Å². The molecule has 1 atom stereocenters. The largest absolute Gasteiger partial charge is 0.496 e. The molecule has 1 saturated heterocycles. The third-order valence-electron chi connectivity index (χ3n) is 6.14. The summed E-state index contributed by atoms with van der Waals surface area (Å²) in [6, 6.07) is 12.7. The molecule has 1 N–H and O–H groups in total. The minimum Gasteiger partial charge on any atom is -0.496 e. The van der Waals surface area contributed by atoms with Crippen LogP contribution in [0.1, 0.15) is 47.6 Å². The molecule has 154 valence electrons. The third-order valence-corrected chi connectivity index (χ3v) is 6.90. The molecule has 2 fully saturated rings. The first kappa shape index (κ1) is 20.2. The number of carbonyl (C=O) groups is 1. The Morgan fingerprint density at radius 2 is 1.90 bits per heavy atom. The average molecular weight is 415 g/mol. The molecule has 1 saturated carbocycles. The fourth-order valence-electron chi connectivity index (χ4n) is 4.56. The lowest BCUT2D eigenvalue weighted by molar-refractivity contribution is 0.0875. The first-order valence-electron chi connectivity index (χ1n) is 10.1. The van der Waals surface area contributed by atoms with Crippen LogP contribution in [0.5, 0.6) is 5.75 Å². The van der Waals surface area contributed by atoms with Gasteiger partial charge in [0.1, 0.15) is 11.6 Å². The maximum atomic E-state index is 13.9. The van der Waals surface area contributed by atoms with Gasteiger partial charge in [-0.2, -0.15) is 0 Å². The highest BCUT2D eigenvalue weighted by Crippen LogP contribution is 2.52. The van der Waals surface area contributed by atoms with Gasteiger partial charge in [-0.25, -0.2) is 4.39 Å². The number of hydrogen-bond acceptors (Lipinski definition) is 4. The Kier molecular flexibility index (Phi) is 5.83. The number of hydrogen-bond donors (Lipinski definition) is 1. The van der Waals surface area contributed by atoms with E-state index in [1.807, 2.05) is 24.5 Å². The Balaban J connectivity index is 1.70. The van der Waals surface area contributed by atoms with Crippen LogP contribution in [0.4, 0.5) is 4.39 Å². The number of ether oxygens (including phenoxy) is 1. The van der Waals surface area contributed by atoms with Gasteiger partial charge in [0.15, 0.2) is 0 Å². The summed E-state index contributed by atoms with van der Waals surface area (Å²) in [5.74, 6) is -0.353. The fraction of sp³-hybridized carbons (Fsp3) is 0.435. The van der Waals surface area contributed by atoms with Gasteiger partial charge in [0.2, 0.25) is 0 Å². The standard InChI is InChI=1S/C23H27FN2O2S/c1-28-18-14-17(24)15-19(29-2)20(18)22(27)25-21(16-8-4-3-5-9-16)23(10-11-23)26-12-6-7-13-26/h3-5,8-9,14-15,21H,6-7,10-13H2,1-2H3,(H,25,27). The van der Waals surface area contributed by atoms with Crippen LogP contribution in [0.15, 0.2) is 47.4 Å². The number of methoxy groups -OCH3 is 1. The highest BCUT2D eigenvalue weighted by Gasteiger charge is 2.55. The second-order valence-electron chi connectivity index (χ2n) is 7.80. The van der Waals surface area contributed by atoms with Gasteiger partial charge in [-0.15, -0.1) is 11.8 Å². The van der Waals surface area contributed by atoms with Crippen molar-refractivity contribution in [2.45, 2.75) is 42.2 Å². The van der Waals surface area contributed by atoms with Crippen molar-refractivity contribution in [1.29, 1.82) is 0 Å². The molecule has 2 aliphatic rings. The molecule has 1 heterocycles. The Hall–Kier alpha value is -2.05. The van der Waals surface area contributed by atoms with Crippen molar-refractivity contribution >= 4 is 17.7 Å². The molecule has 4 nitrogen and oxygen atoms in total. The highest BCUT2D eigenvalue weighted by molar-refractivity contribution is 7.98. The maximum absolute atomic E-state index is 13.9. The Labute approximate surface area is 175 Å². The van der Waals surface area contributed by atoms with E-state index in [9.17, 15) is 9.18 Å². The summed E-state index contributed by atoms with van der Waals surface area (Å²) < 4.78 is 19.3. The molecule has 1 aliphatic carbocycles. The van der Waals surface area contributed by atoms with Gasteiger partial charge in [0.05, 0.1) is 18.7 Å². The van der Waals surface area contributed by atoms with Crippen molar-refractivity contribution < 1.29 is 13.9 Å². The van der Waals surface area contributed by atoms with E-state index in [1.54, 1.807) is 0 Å². The Morgan fingerprint density at radius 3 is 2.48 bits per heavy atom. The summed E-state index contributed by atoms with van der Waals surface area (Å²) in [4.78, 5) is 16.6. The Morgan fingerprint density at radius 1 is 1.21 bits per heavy atom. The van der Waals surface area contributed by atoms with Gasteiger partial charge in [0, 0.05) is 16.5 Å². The van der Waals surface area contributed by atoms with E-state index in [4.69, 9.17) is 4.74 Å². The lowest BCUT2D eigenvalue weighted by Gasteiger charge is -2.36. The zero-order valence-electron chi connectivity index (χ0n) is 16.9. The van der Waals surface area contributed by atoms with Gasteiger partial charge in [-0.05, 0) is 56.7 Å². The predicted octanol–water partition coefficient (Wildman–Crippen LogP) is 4.66. The lowest BCUT2D eigenvalue weighted by Crippen LogP contribution is -2.47. The van der Waals surface area contributed by atoms with Gasteiger partial charge in [-0.3, -0.25) is 9.69 Å². The molecular weight excluding hydrogens is 387 g/mol. The molecule has 29 heavy (non-hydrogen) atoms. The van der Waals surface area contributed by atoms with Crippen LogP contribution in [-0.2, 0) is 0 Å². The predicted molar refractivity (Wildman–Crippen MR) is 114 cm³/mol. The van der Waals surface area contributed by atoms with Crippen LogP contribution in [0.3, 0.4) is 0 Å². The molecule has 4 rings (SSSR count). The number of carbonyl (C=O) groups excluding carboxylic acids is 1. The molecule has 0 radical (unpaired) electrons. The van der Waals surface area contributed by atoms with E-state index in [0.29, 0.717) is 10.5 Å². The SMILES string of the molecule is COc1cc(F)cc(SC)c1C(=O)NC(c1ccccc1)C1(N2CCCC2)CC1. The number of benzene rings is 2.